The molecule has 0 spiro atoms. The van der Waals surface area contributed by atoms with E-state index in [1.54, 1.807) is 26.8 Å². The van der Waals surface area contributed by atoms with Crippen LogP contribution in [0.1, 0.15) is 37.9 Å². The minimum absolute atomic E-state index is 0.407. The summed E-state index contributed by atoms with van der Waals surface area (Å²) in [5.74, 6) is -0.407. The summed E-state index contributed by atoms with van der Waals surface area (Å²) in [7, 11) is 0. The number of rotatable bonds is 4. The number of aromatic nitrogens is 2. The number of amides is 2. The molecule has 1 aromatic heterocycles. The van der Waals surface area contributed by atoms with E-state index in [1.807, 2.05) is 25.1 Å². The van der Waals surface area contributed by atoms with Crippen molar-refractivity contribution in [2.75, 3.05) is 5.32 Å². The van der Waals surface area contributed by atoms with Gasteiger partial charge in [-0.05, 0) is 38.8 Å². The molecule has 2 rings (SSSR count). The quantitative estimate of drug-likeness (QED) is 0.891. The monoisotopic (exact) mass is 342 g/mol. The number of aryl methyl sites for hydroxylation is 1. The fraction of sp³-hybridized carbons (Fsp3) is 0.333. The van der Waals surface area contributed by atoms with Gasteiger partial charge in [-0.1, -0.05) is 24.3 Å². The van der Waals surface area contributed by atoms with Crippen LogP contribution in [0, 0.1) is 6.92 Å². The molecule has 25 heavy (non-hydrogen) atoms. The topological polar surface area (TPSA) is 93.2 Å². The Kier molecular flexibility index (Phi) is 5.69. The van der Waals surface area contributed by atoms with E-state index < -0.39 is 23.6 Å². The molecule has 0 saturated carbocycles. The van der Waals surface area contributed by atoms with Gasteiger partial charge in [0, 0.05) is 0 Å². The number of anilines is 1. The lowest BCUT2D eigenvalue weighted by atomic mass is 10.0. The van der Waals surface area contributed by atoms with Gasteiger partial charge in [-0.3, -0.25) is 4.79 Å². The molecule has 1 heterocycles. The molecule has 7 nitrogen and oxygen atoms in total. The van der Waals surface area contributed by atoms with E-state index in [1.165, 1.54) is 18.7 Å². The molecule has 1 aromatic carbocycles. The van der Waals surface area contributed by atoms with Gasteiger partial charge in [-0.15, -0.1) is 0 Å². The van der Waals surface area contributed by atoms with Crippen LogP contribution in [0.2, 0.25) is 0 Å². The van der Waals surface area contributed by atoms with Crippen molar-refractivity contribution in [2.45, 2.75) is 39.3 Å². The average Bonchev–Trinajstić information content (AvgIpc) is 2.52. The normalized spacial score (nSPS) is 12.2. The lowest BCUT2D eigenvalue weighted by molar-refractivity contribution is -0.118. The van der Waals surface area contributed by atoms with Crippen molar-refractivity contribution in [1.82, 2.24) is 15.3 Å². The number of carbonyl (C=O) groups excluding carboxylic acids is 2. The highest BCUT2D eigenvalue weighted by atomic mass is 16.6. The molecule has 0 unspecified atom stereocenters. The van der Waals surface area contributed by atoms with E-state index in [4.69, 9.17) is 4.74 Å². The van der Waals surface area contributed by atoms with E-state index in [0.29, 0.717) is 11.3 Å². The summed E-state index contributed by atoms with van der Waals surface area (Å²) >= 11 is 0. The summed E-state index contributed by atoms with van der Waals surface area (Å²) in [6.45, 7) is 7.15. The molecule has 0 aliphatic rings. The second-order valence-corrected chi connectivity index (χ2v) is 6.55. The summed E-state index contributed by atoms with van der Waals surface area (Å²) in [4.78, 5) is 32.6. The lowest BCUT2D eigenvalue weighted by Crippen LogP contribution is -2.40. The van der Waals surface area contributed by atoms with Gasteiger partial charge in [0.25, 0.3) is 5.91 Å². The van der Waals surface area contributed by atoms with E-state index in [-0.39, 0.29) is 0 Å². The summed E-state index contributed by atoms with van der Waals surface area (Å²) < 4.78 is 5.28. The average molecular weight is 342 g/mol. The highest BCUT2D eigenvalue weighted by Gasteiger charge is 2.27. The second kappa shape index (κ2) is 7.74. The number of hydrogen-bond donors (Lipinski definition) is 2. The maximum atomic E-state index is 12.7. The fourth-order valence-corrected chi connectivity index (χ4v) is 2.20. The van der Waals surface area contributed by atoms with Gasteiger partial charge < -0.3 is 15.4 Å². The van der Waals surface area contributed by atoms with Crippen molar-refractivity contribution < 1.29 is 14.3 Å². The molecule has 2 aromatic rings. The molecule has 2 amide bonds. The number of ether oxygens (including phenoxy) is 1. The molecule has 132 valence electrons. The van der Waals surface area contributed by atoms with Gasteiger partial charge >= 0.3 is 6.09 Å². The molecule has 0 fully saturated rings. The van der Waals surface area contributed by atoms with Gasteiger partial charge in [0.05, 0.1) is 18.1 Å². The van der Waals surface area contributed by atoms with E-state index in [9.17, 15) is 9.59 Å². The molecular formula is C18H22N4O3. The number of nitrogens with one attached hydrogen (secondary N) is 2. The zero-order valence-corrected chi connectivity index (χ0v) is 14.7. The van der Waals surface area contributed by atoms with Crippen LogP contribution in [-0.2, 0) is 9.53 Å². The first-order valence-corrected chi connectivity index (χ1v) is 7.87. The standard InChI is InChI=1S/C18H22N4O3/c1-12-7-5-6-8-14(12)15(22-17(24)25-18(2,3)4)16(23)21-13-9-19-11-20-10-13/h5-11,15H,1-4H3,(H,21,23)(H,22,24)/t15-/m0/s1. The van der Waals surface area contributed by atoms with Crippen molar-refractivity contribution >= 4 is 17.7 Å². The van der Waals surface area contributed by atoms with Gasteiger partial charge in [0.1, 0.15) is 18.0 Å². The number of nitrogens with zero attached hydrogens (tertiary/aromatic N) is 2. The van der Waals surface area contributed by atoms with E-state index >= 15 is 0 Å². The number of alkyl carbamates (subject to hydrolysis) is 1. The molecular weight excluding hydrogens is 320 g/mol. The SMILES string of the molecule is Cc1ccccc1[C@H](NC(=O)OC(C)(C)C)C(=O)Nc1cncnc1. The van der Waals surface area contributed by atoms with Crippen molar-refractivity contribution in [3.63, 3.8) is 0 Å². The highest BCUT2D eigenvalue weighted by Crippen LogP contribution is 2.20. The molecule has 0 aliphatic carbocycles. The van der Waals surface area contributed by atoms with Crippen molar-refractivity contribution in [2.24, 2.45) is 0 Å². The Balaban J connectivity index is 2.24. The first-order valence-electron chi connectivity index (χ1n) is 7.87. The summed E-state index contributed by atoms with van der Waals surface area (Å²) in [5, 5.41) is 5.34. The Morgan fingerprint density at radius 1 is 1.12 bits per heavy atom. The van der Waals surface area contributed by atoms with Crippen LogP contribution in [0.25, 0.3) is 0 Å². The third-order valence-electron chi connectivity index (χ3n) is 3.25. The zero-order valence-electron chi connectivity index (χ0n) is 14.7. The maximum Gasteiger partial charge on any atom is 0.408 e. The predicted octanol–water partition coefficient (Wildman–Crippen LogP) is 2.99. The zero-order chi connectivity index (χ0) is 18.4. The Morgan fingerprint density at radius 2 is 1.76 bits per heavy atom. The predicted molar refractivity (Wildman–Crippen MR) is 94.0 cm³/mol. The largest absolute Gasteiger partial charge is 0.444 e. The molecule has 2 N–H and O–H groups in total. The molecule has 0 aliphatic heterocycles. The third-order valence-corrected chi connectivity index (χ3v) is 3.25. The fourth-order valence-electron chi connectivity index (χ4n) is 2.20. The van der Waals surface area contributed by atoms with Crippen LogP contribution in [0.5, 0.6) is 0 Å². The van der Waals surface area contributed by atoms with Gasteiger partial charge in [-0.25, -0.2) is 14.8 Å². The second-order valence-electron chi connectivity index (χ2n) is 6.55. The lowest BCUT2D eigenvalue weighted by Gasteiger charge is -2.24. The van der Waals surface area contributed by atoms with Gasteiger partial charge in [0.2, 0.25) is 0 Å². The van der Waals surface area contributed by atoms with Gasteiger partial charge in [0.15, 0.2) is 0 Å². The van der Waals surface area contributed by atoms with Crippen LogP contribution in [0.15, 0.2) is 43.0 Å². The van der Waals surface area contributed by atoms with Crippen LogP contribution < -0.4 is 10.6 Å². The Hall–Kier alpha value is -2.96. The first kappa shape index (κ1) is 18.4. The minimum atomic E-state index is -0.906. The van der Waals surface area contributed by atoms with Crippen LogP contribution in [0.4, 0.5) is 10.5 Å². The molecule has 7 heteroatoms. The number of benzene rings is 1. The molecule has 0 radical (unpaired) electrons. The third kappa shape index (κ3) is 5.56. The summed E-state index contributed by atoms with van der Waals surface area (Å²) in [6.07, 6.45) is 3.66. The van der Waals surface area contributed by atoms with Crippen LogP contribution >= 0.6 is 0 Å². The van der Waals surface area contributed by atoms with Crippen molar-refractivity contribution in [3.8, 4) is 0 Å². The maximum absolute atomic E-state index is 12.7. The highest BCUT2D eigenvalue weighted by molar-refractivity contribution is 5.97. The molecule has 0 saturated heterocycles. The van der Waals surface area contributed by atoms with E-state index in [2.05, 4.69) is 20.6 Å². The van der Waals surface area contributed by atoms with Crippen LogP contribution in [0.3, 0.4) is 0 Å². The number of hydrogen-bond acceptors (Lipinski definition) is 5. The molecule has 0 bridgehead atoms. The summed E-state index contributed by atoms with van der Waals surface area (Å²) in [6, 6.07) is 6.43. The minimum Gasteiger partial charge on any atom is -0.444 e. The Morgan fingerprint density at radius 3 is 2.36 bits per heavy atom. The first-order chi connectivity index (χ1) is 11.8. The van der Waals surface area contributed by atoms with Gasteiger partial charge in [-0.2, -0.15) is 0 Å². The van der Waals surface area contributed by atoms with E-state index in [0.717, 1.165) is 5.56 Å². The smallest absolute Gasteiger partial charge is 0.408 e. The summed E-state index contributed by atoms with van der Waals surface area (Å²) in [5.41, 5.74) is 1.34. The Labute approximate surface area is 146 Å². The Bertz CT molecular complexity index is 741. The number of carbonyl (C=O) groups is 2. The van der Waals surface area contributed by atoms with Crippen molar-refractivity contribution in [3.05, 3.63) is 54.1 Å². The molecule has 1 atom stereocenters. The van der Waals surface area contributed by atoms with Crippen molar-refractivity contribution in [1.29, 1.82) is 0 Å². The van der Waals surface area contributed by atoms with Crippen LogP contribution in [-0.4, -0.2) is 27.6 Å².